The van der Waals surface area contributed by atoms with Gasteiger partial charge in [-0.3, -0.25) is 0 Å². The van der Waals surface area contributed by atoms with Crippen molar-refractivity contribution in [1.29, 1.82) is 0 Å². The van der Waals surface area contributed by atoms with Gasteiger partial charge >= 0.3 is 6.03 Å². The van der Waals surface area contributed by atoms with E-state index < -0.39 is 0 Å². The molecule has 0 rings (SSSR count). The summed E-state index contributed by atoms with van der Waals surface area (Å²) >= 11 is 0. The Balaban J connectivity index is 3.80. The van der Waals surface area contributed by atoms with Gasteiger partial charge in [0.1, 0.15) is 0 Å². The van der Waals surface area contributed by atoms with Crippen LogP contribution in [0.4, 0.5) is 4.79 Å². The van der Waals surface area contributed by atoms with Gasteiger partial charge in [-0.1, -0.05) is 13.3 Å². The molecule has 1 atom stereocenters. The van der Waals surface area contributed by atoms with E-state index in [2.05, 4.69) is 19.2 Å². The minimum Gasteiger partial charge on any atom is -0.341 e. The molecular weight excluding hydrogens is 140 g/mol. The lowest BCUT2D eigenvalue weighted by Gasteiger charge is -2.23. The van der Waals surface area contributed by atoms with E-state index in [0.717, 1.165) is 12.8 Å². The SMILES string of the molecule is CCCC(C)N(C)C(=O)NC. The standard InChI is InChI=1S/C8H18N2O/c1-5-6-7(2)10(4)8(11)9-3/h7H,5-6H2,1-4H3,(H,9,11). The van der Waals surface area contributed by atoms with Gasteiger partial charge < -0.3 is 10.2 Å². The Kier molecular flexibility index (Phi) is 4.66. The van der Waals surface area contributed by atoms with Gasteiger partial charge in [0.15, 0.2) is 0 Å². The number of nitrogens with one attached hydrogen (secondary N) is 1. The first-order valence-corrected chi connectivity index (χ1v) is 4.08. The number of carbonyl (C=O) groups is 1. The molecular formula is C8H18N2O. The number of rotatable bonds is 3. The topological polar surface area (TPSA) is 32.3 Å². The van der Waals surface area contributed by atoms with Crippen LogP contribution in [0.25, 0.3) is 0 Å². The van der Waals surface area contributed by atoms with E-state index in [4.69, 9.17) is 0 Å². The van der Waals surface area contributed by atoms with Gasteiger partial charge in [-0.2, -0.15) is 0 Å². The van der Waals surface area contributed by atoms with Crippen LogP contribution in [0.15, 0.2) is 0 Å². The fourth-order valence-electron chi connectivity index (χ4n) is 0.988. The normalized spacial score (nSPS) is 12.4. The lowest BCUT2D eigenvalue weighted by Crippen LogP contribution is -2.40. The Hall–Kier alpha value is -0.730. The van der Waals surface area contributed by atoms with Crippen molar-refractivity contribution in [3.8, 4) is 0 Å². The van der Waals surface area contributed by atoms with Gasteiger partial charge in [-0.25, -0.2) is 4.79 Å². The van der Waals surface area contributed by atoms with Gasteiger partial charge in [-0.15, -0.1) is 0 Å². The van der Waals surface area contributed by atoms with Crippen LogP contribution in [0.1, 0.15) is 26.7 Å². The van der Waals surface area contributed by atoms with E-state index in [9.17, 15) is 4.79 Å². The Morgan fingerprint density at radius 3 is 2.55 bits per heavy atom. The Morgan fingerprint density at radius 2 is 2.18 bits per heavy atom. The minimum absolute atomic E-state index is 0.00838. The molecule has 0 aliphatic rings. The van der Waals surface area contributed by atoms with Crippen LogP contribution >= 0.6 is 0 Å². The van der Waals surface area contributed by atoms with Crippen LogP contribution in [-0.4, -0.2) is 31.1 Å². The van der Waals surface area contributed by atoms with Crippen molar-refractivity contribution in [2.45, 2.75) is 32.7 Å². The molecule has 3 heteroatoms. The molecule has 0 saturated carbocycles. The van der Waals surface area contributed by atoms with Crippen molar-refractivity contribution < 1.29 is 4.79 Å². The summed E-state index contributed by atoms with van der Waals surface area (Å²) < 4.78 is 0. The number of nitrogens with zero attached hydrogens (tertiary/aromatic N) is 1. The number of hydrogen-bond acceptors (Lipinski definition) is 1. The third-order valence-corrected chi connectivity index (χ3v) is 1.90. The molecule has 0 bridgehead atoms. The van der Waals surface area contributed by atoms with Crippen molar-refractivity contribution in [1.82, 2.24) is 10.2 Å². The first-order chi connectivity index (χ1) is 5.13. The average molecular weight is 158 g/mol. The van der Waals surface area contributed by atoms with E-state index >= 15 is 0 Å². The highest BCUT2D eigenvalue weighted by Crippen LogP contribution is 2.03. The molecule has 0 aromatic carbocycles. The van der Waals surface area contributed by atoms with Crippen molar-refractivity contribution in [2.24, 2.45) is 0 Å². The second-order valence-corrected chi connectivity index (χ2v) is 2.80. The molecule has 0 fully saturated rings. The molecule has 2 amide bonds. The predicted octanol–water partition coefficient (Wildman–Crippen LogP) is 1.45. The first-order valence-electron chi connectivity index (χ1n) is 4.08. The molecule has 11 heavy (non-hydrogen) atoms. The maximum atomic E-state index is 11.0. The molecule has 3 nitrogen and oxygen atoms in total. The summed E-state index contributed by atoms with van der Waals surface area (Å²) in [6.07, 6.45) is 2.17. The van der Waals surface area contributed by atoms with Gasteiger partial charge in [0.25, 0.3) is 0 Å². The van der Waals surface area contributed by atoms with E-state index in [1.54, 1.807) is 11.9 Å². The molecule has 0 saturated heterocycles. The summed E-state index contributed by atoms with van der Waals surface area (Å²) in [6, 6.07) is 0.325. The summed E-state index contributed by atoms with van der Waals surface area (Å²) in [4.78, 5) is 12.8. The highest BCUT2D eigenvalue weighted by atomic mass is 16.2. The molecule has 0 spiro atoms. The Morgan fingerprint density at radius 1 is 1.64 bits per heavy atom. The van der Waals surface area contributed by atoms with Crippen LogP contribution in [0.2, 0.25) is 0 Å². The summed E-state index contributed by atoms with van der Waals surface area (Å²) in [7, 11) is 3.47. The second-order valence-electron chi connectivity index (χ2n) is 2.80. The highest BCUT2D eigenvalue weighted by Gasteiger charge is 2.12. The van der Waals surface area contributed by atoms with Gasteiger partial charge in [0, 0.05) is 20.1 Å². The van der Waals surface area contributed by atoms with Gasteiger partial charge in [0.05, 0.1) is 0 Å². The lowest BCUT2D eigenvalue weighted by molar-refractivity contribution is 0.193. The van der Waals surface area contributed by atoms with Crippen LogP contribution in [0, 0.1) is 0 Å². The van der Waals surface area contributed by atoms with Gasteiger partial charge in [0.2, 0.25) is 0 Å². The van der Waals surface area contributed by atoms with Crippen LogP contribution < -0.4 is 5.32 Å². The fourth-order valence-corrected chi connectivity index (χ4v) is 0.988. The Labute approximate surface area is 68.8 Å². The zero-order valence-corrected chi connectivity index (χ0v) is 7.85. The fraction of sp³-hybridized carbons (Fsp3) is 0.875. The summed E-state index contributed by atoms with van der Waals surface area (Å²) in [5.74, 6) is 0. The van der Waals surface area contributed by atoms with Crippen LogP contribution in [-0.2, 0) is 0 Å². The van der Waals surface area contributed by atoms with Crippen molar-refractivity contribution in [3.63, 3.8) is 0 Å². The summed E-state index contributed by atoms with van der Waals surface area (Å²) in [5.41, 5.74) is 0. The van der Waals surface area contributed by atoms with Crippen LogP contribution in [0.3, 0.4) is 0 Å². The summed E-state index contributed by atoms with van der Waals surface area (Å²) in [6.45, 7) is 4.17. The van der Waals surface area contributed by atoms with E-state index in [1.165, 1.54) is 0 Å². The molecule has 0 radical (unpaired) electrons. The summed E-state index contributed by atoms with van der Waals surface area (Å²) in [5, 5.41) is 2.59. The molecule has 0 heterocycles. The first kappa shape index (κ1) is 10.3. The zero-order chi connectivity index (χ0) is 8.85. The lowest BCUT2D eigenvalue weighted by atomic mass is 10.2. The second kappa shape index (κ2) is 4.99. The highest BCUT2D eigenvalue weighted by molar-refractivity contribution is 5.73. The molecule has 0 aromatic heterocycles. The third-order valence-electron chi connectivity index (χ3n) is 1.90. The number of carbonyl (C=O) groups excluding carboxylic acids is 1. The molecule has 0 aliphatic heterocycles. The van der Waals surface area contributed by atoms with Gasteiger partial charge in [-0.05, 0) is 13.3 Å². The maximum absolute atomic E-state index is 11.0. The number of urea groups is 1. The Bertz CT molecular complexity index is 125. The molecule has 66 valence electrons. The molecule has 0 aliphatic carbocycles. The average Bonchev–Trinajstić information content (AvgIpc) is 2.02. The number of hydrogen-bond donors (Lipinski definition) is 1. The minimum atomic E-state index is -0.00838. The van der Waals surface area contributed by atoms with Crippen molar-refractivity contribution in [3.05, 3.63) is 0 Å². The quantitative estimate of drug-likeness (QED) is 0.662. The zero-order valence-electron chi connectivity index (χ0n) is 7.85. The van der Waals surface area contributed by atoms with E-state index in [0.29, 0.717) is 6.04 Å². The monoisotopic (exact) mass is 158 g/mol. The largest absolute Gasteiger partial charge is 0.341 e. The van der Waals surface area contributed by atoms with Crippen molar-refractivity contribution in [2.75, 3.05) is 14.1 Å². The predicted molar refractivity (Wildman–Crippen MR) is 46.6 cm³/mol. The van der Waals surface area contributed by atoms with E-state index in [1.807, 2.05) is 7.05 Å². The maximum Gasteiger partial charge on any atom is 0.317 e. The molecule has 0 aromatic rings. The van der Waals surface area contributed by atoms with E-state index in [-0.39, 0.29) is 6.03 Å². The number of amides is 2. The van der Waals surface area contributed by atoms with Crippen LogP contribution in [0.5, 0.6) is 0 Å². The molecule has 1 unspecified atom stereocenters. The third kappa shape index (κ3) is 3.25. The molecule has 1 N–H and O–H groups in total. The van der Waals surface area contributed by atoms with Crippen molar-refractivity contribution >= 4 is 6.03 Å². The smallest absolute Gasteiger partial charge is 0.317 e.